The van der Waals surface area contributed by atoms with E-state index in [9.17, 15) is 4.79 Å². The molecule has 2 unspecified atom stereocenters. The highest BCUT2D eigenvalue weighted by atomic mass is 16.5. The first-order valence-corrected chi connectivity index (χ1v) is 7.86. The quantitative estimate of drug-likeness (QED) is 0.905. The van der Waals surface area contributed by atoms with Gasteiger partial charge in [-0.25, -0.2) is 0 Å². The van der Waals surface area contributed by atoms with Crippen LogP contribution >= 0.6 is 0 Å². The molecule has 1 amide bonds. The van der Waals surface area contributed by atoms with Crippen molar-refractivity contribution in [3.05, 3.63) is 35.9 Å². The van der Waals surface area contributed by atoms with Gasteiger partial charge in [0.2, 0.25) is 5.91 Å². The molecule has 1 N–H and O–H groups in total. The Morgan fingerprint density at radius 1 is 1.33 bits per heavy atom. The number of nitrogens with one attached hydrogen (secondary N) is 1. The van der Waals surface area contributed by atoms with E-state index < -0.39 is 0 Å². The first-order chi connectivity index (χ1) is 10.2. The van der Waals surface area contributed by atoms with Gasteiger partial charge in [0.1, 0.15) is 6.04 Å². The predicted molar refractivity (Wildman–Crippen MR) is 81.7 cm³/mol. The molecule has 2 atom stereocenters. The molecule has 0 bridgehead atoms. The highest BCUT2D eigenvalue weighted by Gasteiger charge is 2.46. The van der Waals surface area contributed by atoms with Crippen LogP contribution in [0.25, 0.3) is 0 Å². The average Bonchev–Trinajstić information content (AvgIpc) is 2.80. The molecule has 1 saturated heterocycles. The molecule has 1 aliphatic heterocycles. The largest absolute Gasteiger partial charge is 0.376 e. The first-order valence-electron chi connectivity index (χ1n) is 7.86. The molecule has 1 heterocycles. The lowest BCUT2D eigenvalue weighted by atomic mass is 9.79. The molecule has 0 spiro atoms. The van der Waals surface area contributed by atoms with Crippen LogP contribution in [0.1, 0.15) is 44.2 Å². The second kappa shape index (κ2) is 5.78. The average molecular weight is 288 g/mol. The number of ether oxygens (including phenoxy) is 1. The Bertz CT molecular complexity index is 493. The summed E-state index contributed by atoms with van der Waals surface area (Å²) in [6, 6.07) is 9.76. The summed E-state index contributed by atoms with van der Waals surface area (Å²) in [4.78, 5) is 14.8. The predicted octanol–water partition coefficient (Wildman–Crippen LogP) is 2.46. The topological polar surface area (TPSA) is 41.6 Å². The molecule has 2 fully saturated rings. The van der Waals surface area contributed by atoms with Crippen molar-refractivity contribution < 1.29 is 9.53 Å². The van der Waals surface area contributed by atoms with Gasteiger partial charge in [0.15, 0.2) is 0 Å². The van der Waals surface area contributed by atoms with Crippen LogP contribution in [0, 0.1) is 0 Å². The Balaban J connectivity index is 1.78. The Morgan fingerprint density at radius 3 is 2.57 bits per heavy atom. The van der Waals surface area contributed by atoms with Crippen molar-refractivity contribution >= 4 is 5.91 Å². The van der Waals surface area contributed by atoms with Gasteiger partial charge in [-0.2, -0.15) is 0 Å². The van der Waals surface area contributed by atoms with Crippen molar-refractivity contribution in [3.8, 4) is 0 Å². The van der Waals surface area contributed by atoms with E-state index in [1.54, 1.807) is 7.11 Å². The van der Waals surface area contributed by atoms with Gasteiger partial charge in [0.25, 0.3) is 0 Å². The number of carbonyl (C=O) groups is 1. The van der Waals surface area contributed by atoms with E-state index in [1.165, 1.54) is 6.42 Å². The molecule has 1 aromatic rings. The summed E-state index contributed by atoms with van der Waals surface area (Å²) in [7, 11) is 1.77. The molecular formula is C17H24N2O2. The van der Waals surface area contributed by atoms with Gasteiger partial charge in [0, 0.05) is 7.11 Å². The highest BCUT2D eigenvalue weighted by Crippen LogP contribution is 2.38. The van der Waals surface area contributed by atoms with Gasteiger partial charge in [-0.05, 0) is 31.2 Å². The lowest BCUT2D eigenvalue weighted by Gasteiger charge is -2.44. The molecule has 1 saturated carbocycles. The number of hydrogen-bond acceptors (Lipinski definition) is 3. The molecule has 0 radical (unpaired) electrons. The molecule has 2 aliphatic rings. The molecule has 4 nitrogen and oxygen atoms in total. The zero-order chi connectivity index (χ0) is 14.9. The summed E-state index contributed by atoms with van der Waals surface area (Å²) >= 11 is 0. The summed E-state index contributed by atoms with van der Waals surface area (Å²) in [5.74, 6) is 0.177. The Hall–Kier alpha value is -1.39. The maximum Gasteiger partial charge on any atom is 0.245 e. The van der Waals surface area contributed by atoms with E-state index in [4.69, 9.17) is 4.74 Å². The van der Waals surface area contributed by atoms with Gasteiger partial charge in [0.05, 0.1) is 18.3 Å². The van der Waals surface area contributed by atoms with Crippen molar-refractivity contribution in [2.45, 2.75) is 50.4 Å². The van der Waals surface area contributed by atoms with Crippen LogP contribution in [-0.4, -0.2) is 36.2 Å². The molecular weight excluding hydrogens is 264 g/mol. The monoisotopic (exact) mass is 288 g/mol. The fourth-order valence-electron chi connectivity index (χ4n) is 3.39. The summed E-state index contributed by atoms with van der Waals surface area (Å²) in [6.45, 7) is 2.82. The molecule has 3 rings (SSSR count). The van der Waals surface area contributed by atoms with Gasteiger partial charge < -0.3 is 9.64 Å². The van der Waals surface area contributed by atoms with Gasteiger partial charge in [-0.3, -0.25) is 10.1 Å². The minimum atomic E-state index is -0.217. The number of benzene rings is 1. The van der Waals surface area contributed by atoms with Crippen molar-refractivity contribution in [1.29, 1.82) is 0 Å². The van der Waals surface area contributed by atoms with Crippen LogP contribution < -0.4 is 5.32 Å². The van der Waals surface area contributed by atoms with E-state index in [0.717, 1.165) is 24.8 Å². The molecule has 21 heavy (non-hydrogen) atoms. The standard InChI is InChI=1S/C17H24N2O2/c1-3-14-18-15(13-8-5-4-6-9-13)16(20)19(14)12-17(21-2)10-7-11-17/h4-6,8-9,14-15,18H,3,7,10-12H2,1-2H3. The molecule has 4 heteroatoms. The van der Waals surface area contributed by atoms with E-state index >= 15 is 0 Å². The van der Waals surface area contributed by atoms with Crippen LogP contribution in [0.2, 0.25) is 0 Å². The second-order valence-electron chi connectivity index (χ2n) is 6.14. The third-order valence-corrected chi connectivity index (χ3v) is 4.94. The molecule has 1 aliphatic carbocycles. The summed E-state index contributed by atoms with van der Waals surface area (Å²) in [5.41, 5.74) is 0.930. The first kappa shape index (κ1) is 14.5. The van der Waals surface area contributed by atoms with Crippen LogP contribution in [0.3, 0.4) is 0 Å². The minimum absolute atomic E-state index is 0.107. The molecule has 1 aromatic carbocycles. The van der Waals surface area contributed by atoms with Gasteiger partial charge in [-0.15, -0.1) is 0 Å². The lowest BCUT2D eigenvalue weighted by Crippen LogP contribution is -2.52. The van der Waals surface area contributed by atoms with Crippen LogP contribution in [-0.2, 0) is 9.53 Å². The van der Waals surface area contributed by atoms with E-state index in [-0.39, 0.29) is 23.7 Å². The highest BCUT2D eigenvalue weighted by molar-refractivity contribution is 5.85. The Morgan fingerprint density at radius 2 is 2.05 bits per heavy atom. The second-order valence-corrected chi connectivity index (χ2v) is 6.14. The fourth-order valence-corrected chi connectivity index (χ4v) is 3.39. The summed E-state index contributed by atoms with van der Waals surface area (Å²) in [5, 5.41) is 3.47. The number of carbonyl (C=O) groups excluding carboxylic acids is 1. The number of amides is 1. The molecule has 114 valence electrons. The van der Waals surface area contributed by atoms with Crippen LogP contribution in [0.4, 0.5) is 0 Å². The van der Waals surface area contributed by atoms with Crippen molar-refractivity contribution in [1.82, 2.24) is 10.2 Å². The molecule has 0 aromatic heterocycles. The van der Waals surface area contributed by atoms with Crippen LogP contribution in [0.15, 0.2) is 30.3 Å². The maximum absolute atomic E-state index is 12.8. The smallest absolute Gasteiger partial charge is 0.245 e. The zero-order valence-corrected chi connectivity index (χ0v) is 12.8. The van der Waals surface area contributed by atoms with E-state index in [0.29, 0.717) is 6.54 Å². The normalized spacial score (nSPS) is 27.7. The number of rotatable bonds is 5. The number of hydrogen-bond donors (Lipinski definition) is 1. The van der Waals surface area contributed by atoms with E-state index in [1.807, 2.05) is 35.2 Å². The van der Waals surface area contributed by atoms with Crippen LogP contribution in [0.5, 0.6) is 0 Å². The number of methoxy groups -OCH3 is 1. The summed E-state index contributed by atoms with van der Waals surface area (Å²) in [6.07, 6.45) is 4.33. The lowest BCUT2D eigenvalue weighted by molar-refractivity contribution is -0.140. The fraction of sp³-hybridized carbons (Fsp3) is 0.588. The third-order valence-electron chi connectivity index (χ3n) is 4.94. The zero-order valence-electron chi connectivity index (χ0n) is 12.8. The third kappa shape index (κ3) is 2.58. The number of nitrogens with zero attached hydrogens (tertiary/aromatic N) is 1. The van der Waals surface area contributed by atoms with Gasteiger partial charge in [-0.1, -0.05) is 37.3 Å². The van der Waals surface area contributed by atoms with E-state index in [2.05, 4.69) is 12.2 Å². The van der Waals surface area contributed by atoms with Crippen molar-refractivity contribution in [2.75, 3.05) is 13.7 Å². The minimum Gasteiger partial charge on any atom is -0.376 e. The summed E-state index contributed by atoms with van der Waals surface area (Å²) < 4.78 is 5.70. The SMILES string of the molecule is CCC1NC(c2ccccc2)C(=O)N1CC1(OC)CCC1. The van der Waals surface area contributed by atoms with Crippen molar-refractivity contribution in [3.63, 3.8) is 0 Å². The maximum atomic E-state index is 12.8. The Kier molecular flexibility index (Phi) is 4.00. The van der Waals surface area contributed by atoms with Crippen molar-refractivity contribution in [2.24, 2.45) is 0 Å². The van der Waals surface area contributed by atoms with Gasteiger partial charge >= 0.3 is 0 Å². The Labute approximate surface area is 126 Å².